The zero-order chi connectivity index (χ0) is 18.9. The third-order valence-electron chi connectivity index (χ3n) is 3.37. The second-order valence-electron chi connectivity index (χ2n) is 5.57. The van der Waals surface area contributed by atoms with Crippen LogP contribution in [0.25, 0.3) is 0 Å². The average molecular weight is 359 g/mol. The highest BCUT2D eigenvalue weighted by Crippen LogP contribution is 2.34. The van der Waals surface area contributed by atoms with Gasteiger partial charge in [-0.05, 0) is 30.3 Å². The molecule has 0 amide bonds. The van der Waals surface area contributed by atoms with Gasteiger partial charge in [0.05, 0.1) is 30.4 Å². The molecule has 0 bridgehead atoms. The van der Waals surface area contributed by atoms with Gasteiger partial charge in [0.1, 0.15) is 18.1 Å². The van der Waals surface area contributed by atoms with Crippen molar-refractivity contribution >= 4 is 17.1 Å². The second kappa shape index (κ2) is 9.16. The molecule has 0 unspecified atom stereocenters. The summed E-state index contributed by atoms with van der Waals surface area (Å²) in [7, 11) is 0. The lowest BCUT2D eigenvalue weighted by atomic mass is 10.2. The highest BCUT2D eigenvalue weighted by Gasteiger charge is 2.09. The zero-order valence-corrected chi connectivity index (χ0v) is 14.5. The van der Waals surface area contributed by atoms with Crippen LogP contribution >= 0.6 is 0 Å². The fourth-order valence-electron chi connectivity index (χ4n) is 2.12. The first-order chi connectivity index (χ1) is 12.5. The normalized spacial score (nSPS) is 10.2. The van der Waals surface area contributed by atoms with E-state index in [1.807, 2.05) is 12.1 Å². The maximum atomic E-state index is 5.98. The number of nitrogen functional groups attached to an aromatic ring is 3. The Labute approximate surface area is 152 Å². The standard InChI is InChI=1S/C18H25N5O3/c19-12-2-4-13(5-3-12)24-7-1-8-26-18-15(20)10-14(11-16(18)21)25-9-6-17(22)23/h2-6,10-11H,1,7-9,19-23H2. The summed E-state index contributed by atoms with van der Waals surface area (Å²) in [5.74, 6) is 1.88. The van der Waals surface area contributed by atoms with Crippen LogP contribution in [0.4, 0.5) is 17.1 Å². The smallest absolute Gasteiger partial charge is 0.165 e. The Kier molecular flexibility index (Phi) is 6.67. The van der Waals surface area contributed by atoms with Gasteiger partial charge in [0.15, 0.2) is 5.75 Å². The number of benzene rings is 2. The van der Waals surface area contributed by atoms with Crippen molar-refractivity contribution in [3.05, 3.63) is 48.3 Å². The molecule has 140 valence electrons. The van der Waals surface area contributed by atoms with Crippen molar-refractivity contribution in [1.82, 2.24) is 0 Å². The molecule has 0 radical (unpaired) electrons. The van der Waals surface area contributed by atoms with E-state index in [0.29, 0.717) is 48.2 Å². The van der Waals surface area contributed by atoms with E-state index in [2.05, 4.69) is 0 Å². The summed E-state index contributed by atoms with van der Waals surface area (Å²) in [6.07, 6.45) is 2.21. The first-order valence-corrected chi connectivity index (χ1v) is 8.09. The highest BCUT2D eigenvalue weighted by molar-refractivity contribution is 5.70. The lowest BCUT2D eigenvalue weighted by Crippen LogP contribution is -2.10. The summed E-state index contributed by atoms with van der Waals surface area (Å²) < 4.78 is 16.7. The molecule has 0 aliphatic rings. The Morgan fingerprint density at radius 2 is 1.42 bits per heavy atom. The number of anilines is 3. The maximum Gasteiger partial charge on any atom is 0.165 e. The fraction of sp³-hybridized carbons (Fsp3) is 0.222. The van der Waals surface area contributed by atoms with Crippen molar-refractivity contribution in [1.29, 1.82) is 0 Å². The largest absolute Gasteiger partial charge is 0.493 e. The lowest BCUT2D eigenvalue weighted by molar-refractivity contribution is 0.248. The minimum atomic E-state index is 0.187. The molecule has 0 atom stereocenters. The number of ether oxygens (including phenoxy) is 3. The first-order valence-electron chi connectivity index (χ1n) is 8.09. The minimum Gasteiger partial charge on any atom is -0.493 e. The van der Waals surface area contributed by atoms with Crippen molar-refractivity contribution in [2.45, 2.75) is 6.42 Å². The van der Waals surface area contributed by atoms with E-state index in [1.54, 1.807) is 24.3 Å². The SMILES string of the molecule is NC(N)=CCOc1cc(N)c(OCCCOc2ccc(N)cc2)c(N)c1. The van der Waals surface area contributed by atoms with Crippen molar-refractivity contribution in [3.8, 4) is 17.2 Å². The molecule has 0 aromatic heterocycles. The van der Waals surface area contributed by atoms with Crippen LogP contribution in [0.2, 0.25) is 0 Å². The van der Waals surface area contributed by atoms with E-state index >= 15 is 0 Å². The van der Waals surface area contributed by atoms with Crippen molar-refractivity contribution in [2.75, 3.05) is 37.0 Å². The molecule has 0 heterocycles. The van der Waals surface area contributed by atoms with Crippen molar-refractivity contribution in [2.24, 2.45) is 11.5 Å². The minimum absolute atomic E-state index is 0.187. The quantitative estimate of drug-likeness (QED) is 0.332. The molecule has 2 aromatic carbocycles. The van der Waals surface area contributed by atoms with E-state index in [-0.39, 0.29) is 12.4 Å². The highest BCUT2D eigenvalue weighted by atomic mass is 16.5. The monoisotopic (exact) mass is 359 g/mol. The Morgan fingerprint density at radius 1 is 0.808 bits per heavy atom. The van der Waals surface area contributed by atoms with Crippen LogP contribution in [-0.2, 0) is 0 Å². The Bertz CT molecular complexity index is 720. The summed E-state index contributed by atoms with van der Waals surface area (Å²) in [6.45, 7) is 1.14. The Morgan fingerprint density at radius 3 is 2.04 bits per heavy atom. The van der Waals surface area contributed by atoms with Crippen LogP contribution in [0, 0.1) is 0 Å². The fourth-order valence-corrected chi connectivity index (χ4v) is 2.12. The van der Waals surface area contributed by atoms with Crippen LogP contribution in [0.15, 0.2) is 48.3 Å². The summed E-state index contributed by atoms with van der Waals surface area (Å²) in [5, 5.41) is 0. The van der Waals surface area contributed by atoms with E-state index in [4.69, 9.17) is 42.9 Å². The maximum absolute atomic E-state index is 5.98. The van der Waals surface area contributed by atoms with Crippen LogP contribution < -0.4 is 42.9 Å². The van der Waals surface area contributed by atoms with Crippen LogP contribution in [0.5, 0.6) is 17.2 Å². The van der Waals surface area contributed by atoms with Crippen molar-refractivity contribution in [3.63, 3.8) is 0 Å². The molecule has 8 nitrogen and oxygen atoms in total. The van der Waals surface area contributed by atoms with Gasteiger partial charge in [-0.1, -0.05) is 0 Å². The van der Waals surface area contributed by atoms with E-state index < -0.39 is 0 Å². The van der Waals surface area contributed by atoms with Gasteiger partial charge < -0.3 is 42.9 Å². The van der Waals surface area contributed by atoms with E-state index in [9.17, 15) is 0 Å². The third kappa shape index (κ3) is 5.90. The average Bonchev–Trinajstić information content (AvgIpc) is 2.58. The molecular weight excluding hydrogens is 334 g/mol. The zero-order valence-electron chi connectivity index (χ0n) is 14.5. The van der Waals surface area contributed by atoms with Gasteiger partial charge in [0.2, 0.25) is 0 Å². The molecular formula is C18H25N5O3. The molecule has 10 N–H and O–H groups in total. The predicted octanol–water partition coefficient (Wildman–Crippen LogP) is 1.42. The van der Waals surface area contributed by atoms with Crippen LogP contribution in [-0.4, -0.2) is 19.8 Å². The van der Waals surface area contributed by atoms with Gasteiger partial charge in [-0.3, -0.25) is 0 Å². The summed E-state index contributed by atoms with van der Waals surface area (Å²) in [4.78, 5) is 0. The number of hydrogen-bond acceptors (Lipinski definition) is 8. The van der Waals surface area contributed by atoms with Gasteiger partial charge in [-0.2, -0.15) is 0 Å². The third-order valence-corrected chi connectivity index (χ3v) is 3.37. The van der Waals surface area contributed by atoms with Crippen LogP contribution in [0.3, 0.4) is 0 Å². The lowest BCUT2D eigenvalue weighted by Gasteiger charge is -2.14. The molecule has 0 aliphatic heterocycles. The number of hydrogen-bond donors (Lipinski definition) is 5. The van der Waals surface area contributed by atoms with Gasteiger partial charge in [0.25, 0.3) is 0 Å². The summed E-state index contributed by atoms with van der Waals surface area (Å²) >= 11 is 0. The van der Waals surface area contributed by atoms with Crippen molar-refractivity contribution < 1.29 is 14.2 Å². The molecule has 2 rings (SSSR count). The first kappa shape index (κ1) is 18.9. The molecule has 26 heavy (non-hydrogen) atoms. The Balaban J connectivity index is 1.79. The van der Waals surface area contributed by atoms with E-state index in [1.165, 1.54) is 6.08 Å². The number of rotatable bonds is 9. The van der Waals surface area contributed by atoms with E-state index in [0.717, 1.165) is 5.75 Å². The molecule has 0 saturated carbocycles. The molecule has 0 fully saturated rings. The molecule has 0 aliphatic carbocycles. The molecule has 2 aromatic rings. The van der Waals surface area contributed by atoms with Gasteiger partial charge >= 0.3 is 0 Å². The predicted molar refractivity (Wildman–Crippen MR) is 104 cm³/mol. The van der Waals surface area contributed by atoms with Gasteiger partial charge in [-0.25, -0.2) is 0 Å². The summed E-state index contributed by atoms with van der Waals surface area (Å²) in [5.41, 5.74) is 29.7. The second-order valence-corrected chi connectivity index (χ2v) is 5.57. The Hall–Kier alpha value is -3.42. The van der Waals surface area contributed by atoms with Gasteiger partial charge in [-0.15, -0.1) is 0 Å². The van der Waals surface area contributed by atoms with Gasteiger partial charge in [0, 0.05) is 24.2 Å². The molecule has 0 spiro atoms. The number of nitrogens with two attached hydrogens (primary N) is 5. The summed E-state index contributed by atoms with van der Waals surface area (Å²) in [6, 6.07) is 10.5. The molecule has 8 heteroatoms. The molecule has 0 saturated heterocycles. The topological polar surface area (TPSA) is 158 Å². The van der Waals surface area contributed by atoms with Crippen LogP contribution in [0.1, 0.15) is 6.42 Å².